The van der Waals surface area contributed by atoms with Crippen LogP contribution in [-0.2, 0) is 0 Å². The number of halogens is 6. The Balaban J connectivity index is 3.24. The van der Waals surface area contributed by atoms with E-state index >= 15 is 0 Å². The molecule has 1 atom stereocenters. The SMILES string of the molecule is COc1ccccc1C(N)C(C(F)(F)F)C(F)(F)F. The van der Waals surface area contributed by atoms with Crippen molar-refractivity contribution in [3.63, 3.8) is 0 Å². The molecule has 0 spiro atoms. The number of methoxy groups -OCH3 is 1. The molecule has 108 valence electrons. The van der Waals surface area contributed by atoms with E-state index in [2.05, 4.69) is 0 Å². The van der Waals surface area contributed by atoms with Gasteiger partial charge in [0, 0.05) is 5.56 Å². The van der Waals surface area contributed by atoms with E-state index in [0.717, 1.165) is 13.2 Å². The van der Waals surface area contributed by atoms with E-state index in [9.17, 15) is 26.3 Å². The zero-order chi connectivity index (χ0) is 14.8. The molecular weight excluding hydrogens is 276 g/mol. The fraction of sp³-hybridized carbons (Fsp3) is 0.455. The van der Waals surface area contributed by atoms with Gasteiger partial charge in [-0.05, 0) is 6.07 Å². The predicted octanol–water partition coefficient (Wildman–Crippen LogP) is 3.44. The molecule has 1 unspecified atom stereocenters. The van der Waals surface area contributed by atoms with Crippen LogP contribution in [-0.4, -0.2) is 19.5 Å². The van der Waals surface area contributed by atoms with Crippen molar-refractivity contribution in [3.8, 4) is 5.75 Å². The Morgan fingerprint density at radius 3 is 1.89 bits per heavy atom. The lowest BCUT2D eigenvalue weighted by molar-refractivity contribution is -0.290. The van der Waals surface area contributed by atoms with Crippen LogP contribution in [0.1, 0.15) is 11.6 Å². The van der Waals surface area contributed by atoms with Gasteiger partial charge in [-0.1, -0.05) is 18.2 Å². The molecule has 0 saturated carbocycles. The highest BCUT2D eigenvalue weighted by Gasteiger charge is 2.60. The average Bonchev–Trinajstić information content (AvgIpc) is 2.24. The number of ether oxygens (including phenoxy) is 1. The van der Waals surface area contributed by atoms with Crippen LogP contribution >= 0.6 is 0 Å². The zero-order valence-electron chi connectivity index (χ0n) is 9.72. The van der Waals surface area contributed by atoms with Crippen LogP contribution in [0.4, 0.5) is 26.3 Å². The van der Waals surface area contributed by atoms with Gasteiger partial charge in [0.15, 0.2) is 5.92 Å². The maximum Gasteiger partial charge on any atom is 0.402 e. The van der Waals surface area contributed by atoms with Crippen molar-refractivity contribution in [3.05, 3.63) is 29.8 Å². The summed E-state index contributed by atoms with van der Waals surface area (Å²) in [6.07, 6.45) is -11.0. The van der Waals surface area contributed by atoms with E-state index in [0.29, 0.717) is 0 Å². The number of hydrogen-bond acceptors (Lipinski definition) is 2. The summed E-state index contributed by atoms with van der Waals surface area (Å²) in [6, 6.07) is 2.76. The van der Waals surface area contributed by atoms with Gasteiger partial charge in [-0.25, -0.2) is 0 Å². The third-order valence-corrected chi connectivity index (χ3v) is 2.56. The molecule has 1 aromatic carbocycles. The Morgan fingerprint density at radius 1 is 1.00 bits per heavy atom. The fourth-order valence-corrected chi connectivity index (χ4v) is 1.71. The molecule has 0 aliphatic heterocycles. The first-order valence-electron chi connectivity index (χ1n) is 5.11. The van der Waals surface area contributed by atoms with Crippen LogP contribution in [0.25, 0.3) is 0 Å². The molecule has 0 heterocycles. The second-order valence-corrected chi connectivity index (χ2v) is 3.83. The molecular formula is C11H11F6NO. The Labute approximate surface area is 105 Å². The third-order valence-electron chi connectivity index (χ3n) is 2.56. The first kappa shape index (κ1) is 15.6. The summed E-state index contributed by atoms with van der Waals surface area (Å²) in [6.45, 7) is 0. The van der Waals surface area contributed by atoms with E-state index in [1.807, 2.05) is 0 Å². The van der Waals surface area contributed by atoms with Crippen LogP contribution in [0, 0.1) is 5.92 Å². The Bertz CT molecular complexity index is 414. The molecule has 0 aromatic heterocycles. The van der Waals surface area contributed by atoms with Crippen molar-refractivity contribution >= 4 is 0 Å². The largest absolute Gasteiger partial charge is 0.496 e. The maximum absolute atomic E-state index is 12.5. The number of nitrogens with two attached hydrogens (primary N) is 1. The number of alkyl halides is 6. The quantitative estimate of drug-likeness (QED) is 0.864. The second kappa shape index (κ2) is 5.28. The number of para-hydroxylation sites is 1. The van der Waals surface area contributed by atoms with Gasteiger partial charge in [0.05, 0.1) is 13.2 Å². The lowest BCUT2D eigenvalue weighted by Crippen LogP contribution is -2.44. The number of rotatable bonds is 3. The van der Waals surface area contributed by atoms with Crippen molar-refractivity contribution < 1.29 is 31.1 Å². The molecule has 0 radical (unpaired) electrons. The molecule has 2 nitrogen and oxygen atoms in total. The van der Waals surface area contributed by atoms with Gasteiger partial charge in [-0.2, -0.15) is 26.3 Å². The summed E-state index contributed by atoms with van der Waals surface area (Å²) in [7, 11) is 1.14. The number of hydrogen-bond donors (Lipinski definition) is 1. The first-order valence-corrected chi connectivity index (χ1v) is 5.11. The van der Waals surface area contributed by atoms with Crippen molar-refractivity contribution in [1.82, 2.24) is 0 Å². The van der Waals surface area contributed by atoms with Gasteiger partial charge in [-0.3, -0.25) is 0 Å². The zero-order valence-corrected chi connectivity index (χ0v) is 9.72. The Hall–Kier alpha value is -1.44. The molecule has 0 aliphatic rings. The van der Waals surface area contributed by atoms with Gasteiger partial charge in [0.2, 0.25) is 0 Å². The first-order chi connectivity index (χ1) is 8.59. The minimum atomic E-state index is -5.49. The third kappa shape index (κ3) is 3.52. The van der Waals surface area contributed by atoms with E-state index in [1.165, 1.54) is 18.2 Å². The summed E-state index contributed by atoms with van der Waals surface area (Å²) in [4.78, 5) is 0. The van der Waals surface area contributed by atoms with Crippen LogP contribution < -0.4 is 10.5 Å². The highest BCUT2D eigenvalue weighted by atomic mass is 19.4. The van der Waals surface area contributed by atoms with Crippen molar-refractivity contribution in [2.24, 2.45) is 11.7 Å². The minimum absolute atomic E-state index is 0.117. The Morgan fingerprint density at radius 2 is 1.47 bits per heavy atom. The lowest BCUT2D eigenvalue weighted by atomic mass is 9.92. The highest BCUT2D eigenvalue weighted by molar-refractivity contribution is 5.36. The number of benzene rings is 1. The van der Waals surface area contributed by atoms with Gasteiger partial charge >= 0.3 is 12.4 Å². The van der Waals surface area contributed by atoms with Crippen molar-refractivity contribution in [2.75, 3.05) is 7.11 Å². The maximum atomic E-state index is 12.5. The van der Waals surface area contributed by atoms with Crippen molar-refractivity contribution in [1.29, 1.82) is 0 Å². The predicted molar refractivity (Wildman–Crippen MR) is 55.5 cm³/mol. The highest BCUT2D eigenvalue weighted by Crippen LogP contribution is 2.46. The normalized spacial score (nSPS) is 14.6. The Kier molecular flexibility index (Phi) is 4.34. The smallest absolute Gasteiger partial charge is 0.402 e. The van der Waals surface area contributed by atoms with Crippen LogP contribution in [0.3, 0.4) is 0 Å². The molecule has 19 heavy (non-hydrogen) atoms. The standard InChI is InChI=1S/C11H11F6NO/c1-19-7-5-3-2-4-6(7)8(18)9(10(12,13)14)11(15,16)17/h2-5,8-9H,18H2,1H3. The fourth-order valence-electron chi connectivity index (χ4n) is 1.71. The molecule has 2 N–H and O–H groups in total. The van der Waals surface area contributed by atoms with Crippen LogP contribution in [0.5, 0.6) is 5.75 Å². The minimum Gasteiger partial charge on any atom is -0.496 e. The van der Waals surface area contributed by atoms with E-state index < -0.39 is 24.3 Å². The topological polar surface area (TPSA) is 35.2 Å². The van der Waals surface area contributed by atoms with Crippen molar-refractivity contribution in [2.45, 2.75) is 18.4 Å². The van der Waals surface area contributed by atoms with Gasteiger partial charge in [0.25, 0.3) is 0 Å². The molecule has 0 amide bonds. The molecule has 1 aromatic rings. The molecule has 0 saturated heterocycles. The summed E-state index contributed by atoms with van der Waals surface area (Å²) in [5.41, 5.74) is 4.82. The monoisotopic (exact) mass is 287 g/mol. The van der Waals surface area contributed by atoms with Gasteiger partial charge in [0.1, 0.15) is 5.75 Å². The molecule has 0 fully saturated rings. The molecule has 1 rings (SSSR count). The summed E-state index contributed by atoms with van der Waals surface area (Å²) in [5.74, 6) is -3.76. The summed E-state index contributed by atoms with van der Waals surface area (Å²) >= 11 is 0. The lowest BCUT2D eigenvalue weighted by Gasteiger charge is -2.29. The van der Waals surface area contributed by atoms with Crippen LogP contribution in [0.2, 0.25) is 0 Å². The van der Waals surface area contributed by atoms with Gasteiger partial charge < -0.3 is 10.5 Å². The average molecular weight is 287 g/mol. The van der Waals surface area contributed by atoms with E-state index in [1.54, 1.807) is 0 Å². The van der Waals surface area contributed by atoms with E-state index in [-0.39, 0.29) is 11.3 Å². The second-order valence-electron chi connectivity index (χ2n) is 3.83. The summed E-state index contributed by atoms with van der Waals surface area (Å²) in [5, 5.41) is 0. The summed E-state index contributed by atoms with van der Waals surface area (Å²) < 4.78 is 80.0. The molecule has 8 heteroatoms. The van der Waals surface area contributed by atoms with Crippen LogP contribution in [0.15, 0.2) is 24.3 Å². The van der Waals surface area contributed by atoms with E-state index in [4.69, 9.17) is 10.5 Å². The molecule has 0 bridgehead atoms. The molecule has 0 aliphatic carbocycles. The van der Waals surface area contributed by atoms with Gasteiger partial charge in [-0.15, -0.1) is 0 Å².